The van der Waals surface area contributed by atoms with Crippen molar-refractivity contribution in [1.29, 1.82) is 0 Å². The van der Waals surface area contributed by atoms with Gasteiger partial charge >= 0.3 is 5.97 Å². The zero-order valence-electron chi connectivity index (χ0n) is 9.70. The molecule has 2 heterocycles. The van der Waals surface area contributed by atoms with Gasteiger partial charge in [-0.1, -0.05) is 0 Å². The second-order valence-corrected chi connectivity index (χ2v) is 4.35. The molecule has 0 aromatic carbocycles. The third-order valence-corrected chi connectivity index (χ3v) is 2.80. The molecule has 0 aliphatic carbocycles. The standard InChI is InChI=1S/C11H12N2O4/c1-5-8(10(16)17-11(5,2)3)9-12-6(14)4-7(15)13-9/h4H,1-3H3,(H2,12,13,14,15). The van der Waals surface area contributed by atoms with Gasteiger partial charge in [-0.05, 0) is 26.3 Å². The van der Waals surface area contributed by atoms with E-state index in [-0.39, 0.29) is 11.4 Å². The van der Waals surface area contributed by atoms with Crippen molar-refractivity contribution in [3.63, 3.8) is 0 Å². The largest absolute Gasteiger partial charge is 0.493 e. The lowest BCUT2D eigenvalue weighted by Crippen LogP contribution is -2.21. The summed E-state index contributed by atoms with van der Waals surface area (Å²) in [6.07, 6.45) is 0. The predicted molar refractivity (Wildman–Crippen MR) is 59.3 cm³/mol. The molecule has 0 radical (unpaired) electrons. The van der Waals surface area contributed by atoms with Gasteiger partial charge in [-0.2, -0.15) is 4.98 Å². The van der Waals surface area contributed by atoms with Crippen LogP contribution in [0.2, 0.25) is 0 Å². The van der Waals surface area contributed by atoms with Crippen molar-refractivity contribution >= 4 is 11.5 Å². The Morgan fingerprint density at radius 2 is 2.06 bits per heavy atom. The Balaban J connectivity index is 2.65. The lowest BCUT2D eigenvalue weighted by molar-refractivity contribution is -0.142. The lowest BCUT2D eigenvalue weighted by atomic mass is 9.97. The van der Waals surface area contributed by atoms with Crippen molar-refractivity contribution in [2.24, 2.45) is 0 Å². The van der Waals surface area contributed by atoms with Gasteiger partial charge in [0.05, 0.1) is 6.07 Å². The summed E-state index contributed by atoms with van der Waals surface area (Å²) >= 11 is 0. The smallest absolute Gasteiger partial charge is 0.342 e. The van der Waals surface area contributed by atoms with Crippen LogP contribution in [0.1, 0.15) is 26.6 Å². The highest BCUT2D eigenvalue weighted by Gasteiger charge is 2.39. The first-order chi connectivity index (χ1) is 7.81. The molecular formula is C11H12N2O4. The third kappa shape index (κ3) is 1.82. The highest BCUT2D eigenvalue weighted by atomic mass is 16.6. The molecule has 0 atom stereocenters. The highest BCUT2D eigenvalue weighted by molar-refractivity contribution is 6.18. The number of ether oxygens (including phenoxy) is 1. The summed E-state index contributed by atoms with van der Waals surface area (Å²) in [6, 6.07) is 0.935. The molecule has 1 aliphatic heterocycles. The molecule has 0 fully saturated rings. The number of aromatic hydroxyl groups is 1. The number of rotatable bonds is 1. The fraction of sp³-hybridized carbons (Fsp3) is 0.364. The van der Waals surface area contributed by atoms with Crippen molar-refractivity contribution in [1.82, 2.24) is 9.97 Å². The van der Waals surface area contributed by atoms with Crippen LogP contribution in [0.15, 0.2) is 16.4 Å². The third-order valence-electron chi connectivity index (χ3n) is 2.80. The molecule has 0 saturated carbocycles. The number of H-pyrrole nitrogens is 1. The molecule has 6 nitrogen and oxygen atoms in total. The van der Waals surface area contributed by atoms with Crippen molar-refractivity contribution in [3.05, 3.63) is 27.8 Å². The maximum Gasteiger partial charge on any atom is 0.342 e. The van der Waals surface area contributed by atoms with Gasteiger partial charge in [0.2, 0.25) is 5.88 Å². The molecule has 0 bridgehead atoms. The van der Waals surface area contributed by atoms with E-state index in [1.54, 1.807) is 20.8 Å². The summed E-state index contributed by atoms with van der Waals surface area (Å²) in [7, 11) is 0. The van der Waals surface area contributed by atoms with E-state index in [2.05, 4.69) is 9.97 Å². The Bertz CT molecular complexity index is 583. The van der Waals surface area contributed by atoms with E-state index < -0.39 is 23.0 Å². The Kier molecular flexibility index (Phi) is 2.30. The minimum atomic E-state index is -0.726. The minimum absolute atomic E-state index is 0.0306. The quantitative estimate of drug-likeness (QED) is 0.696. The fourth-order valence-electron chi connectivity index (χ4n) is 1.65. The molecule has 90 valence electrons. The first-order valence-corrected chi connectivity index (χ1v) is 5.06. The summed E-state index contributed by atoms with van der Waals surface area (Å²) in [6.45, 7) is 5.21. The van der Waals surface area contributed by atoms with Crippen LogP contribution in [-0.2, 0) is 9.53 Å². The van der Waals surface area contributed by atoms with Crippen LogP contribution < -0.4 is 5.56 Å². The highest BCUT2D eigenvalue weighted by Crippen LogP contribution is 2.35. The van der Waals surface area contributed by atoms with E-state index >= 15 is 0 Å². The van der Waals surface area contributed by atoms with Crippen molar-refractivity contribution < 1.29 is 14.6 Å². The molecular weight excluding hydrogens is 224 g/mol. The zero-order valence-corrected chi connectivity index (χ0v) is 9.70. The van der Waals surface area contributed by atoms with Gasteiger partial charge in [0.1, 0.15) is 11.2 Å². The Morgan fingerprint density at radius 1 is 1.41 bits per heavy atom. The number of hydrogen-bond donors (Lipinski definition) is 2. The Labute approximate surface area is 97.0 Å². The van der Waals surface area contributed by atoms with Gasteiger partial charge in [-0.15, -0.1) is 0 Å². The number of cyclic esters (lactones) is 1. The molecule has 17 heavy (non-hydrogen) atoms. The average molecular weight is 236 g/mol. The molecule has 1 aromatic rings. The van der Waals surface area contributed by atoms with Crippen LogP contribution >= 0.6 is 0 Å². The van der Waals surface area contributed by atoms with Gasteiger partial charge in [0, 0.05) is 0 Å². The van der Waals surface area contributed by atoms with Gasteiger partial charge in [0.15, 0.2) is 5.82 Å². The number of nitrogens with one attached hydrogen (secondary N) is 1. The number of carbonyl (C=O) groups is 1. The second-order valence-electron chi connectivity index (χ2n) is 4.35. The first-order valence-electron chi connectivity index (χ1n) is 5.06. The molecule has 6 heteroatoms. The molecule has 1 aromatic heterocycles. The number of esters is 1. The number of nitrogens with zero attached hydrogens (tertiary/aromatic N) is 1. The fourth-order valence-corrected chi connectivity index (χ4v) is 1.65. The molecule has 0 spiro atoms. The van der Waals surface area contributed by atoms with Crippen molar-refractivity contribution in [2.45, 2.75) is 26.4 Å². The maximum atomic E-state index is 11.7. The Morgan fingerprint density at radius 3 is 2.53 bits per heavy atom. The van der Waals surface area contributed by atoms with Gasteiger partial charge in [-0.3, -0.25) is 4.79 Å². The van der Waals surface area contributed by atoms with E-state index in [9.17, 15) is 14.7 Å². The summed E-state index contributed by atoms with van der Waals surface area (Å²) in [5.74, 6) is -0.953. The van der Waals surface area contributed by atoms with Crippen LogP contribution in [0.3, 0.4) is 0 Å². The van der Waals surface area contributed by atoms with E-state index in [1.807, 2.05) is 0 Å². The van der Waals surface area contributed by atoms with E-state index in [0.29, 0.717) is 5.57 Å². The average Bonchev–Trinajstić information content (AvgIpc) is 2.34. The molecule has 2 N–H and O–H groups in total. The molecule has 0 saturated heterocycles. The molecule has 0 amide bonds. The van der Waals surface area contributed by atoms with E-state index in [4.69, 9.17) is 4.74 Å². The minimum Gasteiger partial charge on any atom is -0.493 e. The maximum absolute atomic E-state index is 11.7. The molecule has 1 aliphatic rings. The topological polar surface area (TPSA) is 92.3 Å². The van der Waals surface area contributed by atoms with Crippen LogP contribution in [0.4, 0.5) is 0 Å². The summed E-state index contributed by atoms with van der Waals surface area (Å²) in [5, 5.41) is 9.25. The van der Waals surface area contributed by atoms with E-state index in [0.717, 1.165) is 6.07 Å². The van der Waals surface area contributed by atoms with Gasteiger partial charge in [-0.25, -0.2) is 4.79 Å². The summed E-state index contributed by atoms with van der Waals surface area (Å²) in [5.41, 5.74) is -0.388. The van der Waals surface area contributed by atoms with E-state index in [1.165, 1.54) is 0 Å². The number of aromatic nitrogens is 2. The Hall–Kier alpha value is -2.11. The molecule has 2 rings (SSSR count). The predicted octanol–water partition coefficient (Wildman–Crippen LogP) is 0.584. The van der Waals surface area contributed by atoms with Crippen LogP contribution in [0, 0.1) is 0 Å². The van der Waals surface area contributed by atoms with Gasteiger partial charge in [0.25, 0.3) is 5.56 Å². The SMILES string of the molecule is CC1=C(c2nc(O)cc(=O)[nH]2)C(=O)OC1(C)C. The normalized spacial score (nSPS) is 18.4. The molecule has 0 unspecified atom stereocenters. The monoisotopic (exact) mass is 236 g/mol. The van der Waals surface area contributed by atoms with Crippen LogP contribution in [-0.4, -0.2) is 26.6 Å². The summed E-state index contributed by atoms with van der Waals surface area (Å²) < 4.78 is 5.15. The first kappa shape index (κ1) is 11.4. The number of hydrogen-bond acceptors (Lipinski definition) is 5. The van der Waals surface area contributed by atoms with Crippen LogP contribution in [0.25, 0.3) is 5.57 Å². The number of carbonyl (C=O) groups excluding carboxylic acids is 1. The summed E-state index contributed by atoms with van der Waals surface area (Å²) in [4.78, 5) is 29.0. The van der Waals surface area contributed by atoms with Crippen molar-refractivity contribution in [2.75, 3.05) is 0 Å². The lowest BCUT2D eigenvalue weighted by Gasteiger charge is -2.17. The van der Waals surface area contributed by atoms with Crippen molar-refractivity contribution in [3.8, 4) is 5.88 Å². The number of aromatic amines is 1. The second kappa shape index (κ2) is 3.44. The zero-order chi connectivity index (χ0) is 12.8. The van der Waals surface area contributed by atoms with Crippen LogP contribution in [0.5, 0.6) is 5.88 Å². The van der Waals surface area contributed by atoms with Gasteiger partial charge < -0.3 is 14.8 Å².